The van der Waals surface area contributed by atoms with Crippen molar-refractivity contribution in [1.82, 2.24) is 9.55 Å². The molecule has 4 aromatic rings. The Hall–Kier alpha value is -3.72. The molecule has 3 heterocycles. The van der Waals surface area contributed by atoms with E-state index < -0.39 is 17.6 Å². The number of nitrogens with one attached hydrogen (secondary N) is 1. The number of pyridine rings is 1. The van der Waals surface area contributed by atoms with Crippen molar-refractivity contribution in [3.8, 4) is 11.1 Å². The number of benzene rings is 1. The fraction of sp³-hybridized carbons (Fsp3) is 0.143. The summed E-state index contributed by atoms with van der Waals surface area (Å²) in [6, 6.07) is 12.6. The number of oxazole rings is 1. The minimum absolute atomic E-state index is 0.207. The maximum Gasteiger partial charge on any atom is 0.421 e. The second-order valence-corrected chi connectivity index (χ2v) is 7.15. The molecular weight excluding hydrogens is 406 g/mol. The number of fused-ring (bicyclic) bond motifs is 1. The number of carbonyl (C=O) groups excluding carboxylic acids is 2. The van der Waals surface area contributed by atoms with Crippen LogP contribution in [0.2, 0.25) is 0 Å². The fourth-order valence-corrected chi connectivity index (χ4v) is 4.01. The Morgan fingerprint density at radius 2 is 2.00 bits per heavy atom. The van der Waals surface area contributed by atoms with Crippen LogP contribution in [0, 0.1) is 0 Å². The van der Waals surface area contributed by atoms with Crippen LogP contribution in [0.3, 0.4) is 0 Å². The molecule has 0 aliphatic heterocycles. The molecule has 4 rings (SSSR count). The highest BCUT2D eigenvalue weighted by atomic mass is 32.1. The van der Waals surface area contributed by atoms with Crippen molar-refractivity contribution in [2.45, 2.75) is 13.5 Å². The molecule has 1 amide bonds. The van der Waals surface area contributed by atoms with E-state index in [0.717, 1.165) is 10.1 Å². The number of rotatable bonds is 6. The van der Waals surface area contributed by atoms with Gasteiger partial charge in [0.05, 0.1) is 6.61 Å². The first-order valence-corrected chi connectivity index (χ1v) is 10.0. The Morgan fingerprint density at radius 3 is 2.77 bits per heavy atom. The number of hydrogen-bond acceptors (Lipinski definition) is 7. The van der Waals surface area contributed by atoms with Gasteiger partial charge >= 0.3 is 11.7 Å². The van der Waals surface area contributed by atoms with Crippen molar-refractivity contribution in [3.05, 3.63) is 70.2 Å². The Bertz CT molecular complexity index is 1270. The number of aromatic nitrogens is 2. The van der Waals surface area contributed by atoms with Crippen molar-refractivity contribution in [2.24, 2.45) is 0 Å². The predicted molar refractivity (Wildman–Crippen MR) is 113 cm³/mol. The topological polar surface area (TPSA) is 103 Å². The summed E-state index contributed by atoms with van der Waals surface area (Å²) in [6.45, 7) is 1.62. The van der Waals surface area contributed by atoms with Crippen molar-refractivity contribution in [1.29, 1.82) is 0 Å². The van der Waals surface area contributed by atoms with Crippen LogP contribution in [-0.2, 0) is 16.1 Å². The molecule has 0 fully saturated rings. The maximum atomic E-state index is 12.7. The summed E-state index contributed by atoms with van der Waals surface area (Å²) < 4.78 is 11.4. The van der Waals surface area contributed by atoms with Crippen LogP contribution in [0.15, 0.2) is 63.3 Å². The number of thiophene rings is 1. The van der Waals surface area contributed by atoms with E-state index in [0.29, 0.717) is 16.1 Å². The molecule has 152 valence electrons. The molecule has 0 saturated carbocycles. The quantitative estimate of drug-likeness (QED) is 0.476. The minimum Gasteiger partial charge on any atom is -0.462 e. The average Bonchev–Trinajstić information content (AvgIpc) is 3.30. The van der Waals surface area contributed by atoms with Gasteiger partial charge in [0.25, 0.3) is 0 Å². The van der Waals surface area contributed by atoms with E-state index in [-0.39, 0.29) is 24.4 Å². The third-order valence-electron chi connectivity index (χ3n) is 4.33. The first-order valence-electron chi connectivity index (χ1n) is 9.16. The summed E-state index contributed by atoms with van der Waals surface area (Å²) in [7, 11) is 0. The average molecular weight is 423 g/mol. The molecule has 0 spiro atoms. The Kier molecular flexibility index (Phi) is 5.44. The van der Waals surface area contributed by atoms with Crippen LogP contribution >= 0.6 is 11.3 Å². The van der Waals surface area contributed by atoms with Crippen LogP contribution in [0.25, 0.3) is 22.4 Å². The highest BCUT2D eigenvalue weighted by molar-refractivity contribution is 7.15. The number of anilines is 1. The number of carbonyl (C=O) groups is 2. The van der Waals surface area contributed by atoms with Gasteiger partial charge in [0.1, 0.15) is 17.1 Å². The van der Waals surface area contributed by atoms with E-state index in [1.807, 2.05) is 30.3 Å². The van der Waals surface area contributed by atoms with Crippen molar-refractivity contribution >= 4 is 39.4 Å². The van der Waals surface area contributed by atoms with E-state index in [1.165, 1.54) is 17.5 Å². The zero-order chi connectivity index (χ0) is 21.1. The van der Waals surface area contributed by atoms with Gasteiger partial charge < -0.3 is 14.5 Å². The van der Waals surface area contributed by atoms with Crippen LogP contribution in [-0.4, -0.2) is 28.0 Å². The maximum absolute atomic E-state index is 12.7. The number of hydrogen-bond donors (Lipinski definition) is 1. The molecule has 8 nitrogen and oxygen atoms in total. The molecular formula is C21H17N3O5S. The lowest BCUT2D eigenvalue weighted by Gasteiger charge is -2.09. The molecule has 0 atom stereocenters. The molecule has 0 radical (unpaired) electrons. The van der Waals surface area contributed by atoms with Gasteiger partial charge in [-0.3, -0.25) is 4.79 Å². The van der Waals surface area contributed by atoms with Gasteiger partial charge in [0.2, 0.25) is 5.91 Å². The number of amides is 1. The molecule has 0 saturated heterocycles. The van der Waals surface area contributed by atoms with Crippen LogP contribution in [0.5, 0.6) is 0 Å². The van der Waals surface area contributed by atoms with Crippen LogP contribution in [0.4, 0.5) is 5.00 Å². The van der Waals surface area contributed by atoms with Gasteiger partial charge in [-0.15, -0.1) is 11.3 Å². The van der Waals surface area contributed by atoms with E-state index in [1.54, 1.807) is 24.4 Å². The summed E-state index contributed by atoms with van der Waals surface area (Å²) >= 11 is 1.21. The lowest BCUT2D eigenvalue weighted by atomic mass is 10.0. The van der Waals surface area contributed by atoms with Crippen LogP contribution in [0.1, 0.15) is 17.3 Å². The summed E-state index contributed by atoms with van der Waals surface area (Å²) in [6.07, 6.45) is 1.51. The summed E-state index contributed by atoms with van der Waals surface area (Å²) in [4.78, 5) is 41.4. The third-order valence-corrected chi connectivity index (χ3v) is 5.23. The van der Waals surface area contributed by atoms with Gasteiger partial charge in [-0.2, -0.15) is 0 Å². The van der Waals surface area contributed by atoms with Gasteiger partial charge in [0.15, 0.2) is 11.2 Å². The molecule has 30 heavy (non-hydrogen) atoms. The molecule has 3 aromatic heterocycles. The first kappa shape index (κ1) is 19.6. The molecule has 0 unspecified atom stereocenters. The van der Waals surface area contributed by atoms with Crippen LogP contribution < -0.4 is 11.1 Å². The molecule has 0 aliphatic rings. The molecule has 1 aromatic carbocycles. The van der Waals surface area contributed by atoms with E-state index >= 15 is 0 Å². The predicted octanol–water partition coefficient (Wildman–Crippen LogP) is 3.53. The van der Waals surface area contributed by atoms with Crippen molar-refractivity contribution in [2.75, 3.05) is 11.9 Å². The number of nitrogens with zero attached hydrogens (tertiary/aromatic N) is 2. The lowest BCUT2D eigenvalue weighted by Crippen LogP contribution is -2.25. The third kappa shape index (κ3) is 3.74. The lowest BCUT2D eigenvalue weighted by molar-refractivity contribution is -0.116. The Labute approximate surface area is 174 Å². The van der Waals surface area contributed by atoms with Gasteiger partial charge in [-0.25, -0.2) is 19.1 Å². The van der Waals surface area contributed by atoms with Gasteiger partial charge in [0, 0.05) is 17.1 Å². The van der Waals surface area contributed by atoms with E-state index in [2.05, 4.69) is 10.3 Å². The monoisotopic (exact) mass is 423 g/mol. The smallest absolute Gasteiger partial charge is 0.421 e. The summed E-state index contributed by atoms with van der Waals surface area (Å²) in [5.74, 6) is -1.70. The van der Waals surface area contributed by atoms with Crippen molar-refractivity contribution < 1.29 is 18.7 Å². The van der Waals surface area contributed by atoms with E-state index in [9.17, 15) is 14.4 Å². The Morgan fingerprint density at radius 1 is 1.20 bits per heavy atom. The highest BCUT2D eigenvalue weighted by Crippen LogP contribution is 2.36. The number of ether oxygens (including phenoxy) is 1. The summed E-state index contributed by atoms with van der Waals surface area (Å²) in [5.41, 5.74) is 2.36. The largest absolute Gasteiger partial charge is 0.462 e. The zero-order valence-electron chi connectivity index (χ0n) is 16.0. The van der Waals surface area contributed by atoms with Gasteiger partial charge in [-0.1, -0.05) is 30.3 Å². The number of esters is 1. The second-order valence-electron chi connectivity index (χ2n) is 6.27. The zero-order valence-corrected chi connectivity index (χ0v) is 16.8. The van der Waals surface area contributed by atoms with Crippen molar-refractivity contribution in [3.63, 3.8) is 0 Å². The first-order chi connectivity index (χ1) is 14.6. The Balaban J connectivity index is 1.64. The SMILES string of the molecule is CCOC(=O)c1c(-c2ccccc2)csc1NC(=O)Cn1c(=O)oc2cccnc21. The molecule has 0 aliphatic carbocycles. The molecule has 9 heteroatoms. The molecule has 0 bridgehead atoms. The summed E-state index contributed by atoms with van der Waals surface area (Å²) in [5, 5.41) is 4.86. The minimum atomic E-state index is -0.680. The van der Waals surface area contributed by atoms with E-state index in [4.69, 9.17) is 9.15 Å². The van der Waals surface area contributed by atoms with Gasteiger partial charge in [-0.05, 0) is 24.6 Å². The molecule has 1 N–H and O–H groups in total. The standard InChI is InChI=1S/C21H17N3O5S/c1-2-28-20(26)17-14(13-7-4-3-5-8-13)12-30-19(17)23-16(25)11-24-18-15(29-21(24)27)9-6-10-22-18/h3-10,12H,2,11H2,1H3,(H,23,25). The fourth-order valence-electron chi connectivity index (χ4n) is 3.04. The highest BCUT2D eigenvalue weighted by Gasteiger charge is 2.23. The normalized spacial score (nSPS) is 10.8. The second kappa shape index (κ2) is 8.34.